The normalized spacial score (nSPS) is 12.9. The molecule has 1 amide bonds. The second kappa shape index (κ2) is 57.2. The highest BCUT2D eigenvalue weighted by Gasteiger charge is 2.18. The van der Waals surface area contributed by atoms with Crippen LogP contribution in [-0.2, 0) is 4.79 Å². The first kappa shape index (κ1) is 63.9. The highest BCUT2D eigenvalue weighted by Crippen LogP contribution is 2.18. The molecule has 0 heterocycles. The van der Waals surface area contributed by atoms with Crippen molar-refractivity contribution in [2.45, 2.75) is 353 Å². The molecule has 4 heteroatoms. The van der Waals surface area contributed by atoms with Gasteiger partial charge < -0.3 is 15.5 Å². The van der Waals surface area contributed by atoms with Gasteiger partial charge in [-0.15, -0.1) is 0 Å². The van der Waals surface area contributed by atoms with E-state index in [1.54, 1.807) is 6.08 Å². The number of hydrogen-bond acceptors (Lipinski definition) is 3. The Bertz CT molecular complexity index is 947. The maximum Gasteiger partial charge on any atom is 0.220 e. The standard InChI is InChI=1S/C61H119NO3/c1-3-5-7-9-11-13-15-17-19-21-23-25-27-29-30-31-33-34-36-38-40-42-44-46-48-50-52-54-56-60(64)59(58-63)62-61(65)57-55-53-51-49-47-45-43-41-39-37-35-32-28-26-24-22-20-18-16-14-12-10-8-6-4-2/h46,48,54,56,59-60,63-64H,3-45,47,49-53,55,57-58H2,1-2H3,(H,62,65)/b48-46+,56-54+. The Kier molecular flexibility index (Phi) is 56.2. The van der Waals surface area contributed by atoms with E-state index in [0.29, 0.717) is 6.42 Å². The fourth-order valence-corrected chi connectivity index (χ4v) is 9.61. The minimum atomic E-state index is -0.860. The molecule has 0 bridgehead atoms. The molecular formula is C61H119NO3. The molecule has 0 aromatic carbocycles. The molecule has 386 valence electrons. The van der Waals surface area contributed by atoms with Crippen molar-refractivity contribution in [2.75, 3.05) is 6.61 Å². The van der Waals surface area contributed by atoms with Crippen LogP contribution in [0.5, 0.6) is 0 Å². The number of amides is 1. The number of aliphatic hydroxyl groups is 2. The van der Waals surface area contributed by atoms with Crippen LogP contribution in [0.2, 0.25) is 0 Å². The molecule has 2 atom stereocenters. The zero-order valence-corrected chi connectivity index (χ0v) is 44.5. The van der Waals surface area contributed by atoms with Crippen LogP contribution in [0.4, 0.5) is 0 Å². The highest BCUT2D eigenvalue weighted by atomic mass is 16.3. The molecule has 0 aromatic rings. The number of hydrogen-bond donors (Lipinski definition) is 3. The van der Waals surface area contributed by atoms with Crippen LogP contribution in [0, 0.1) is 0 Å². The average molecular weight is 915 g/mol. The molecule has 0 saturated heterocycles. The van der Waals surface area contributed by atoms with Gasteiger partial charge in [-0.25, -0.2) is 0 Å². The molecule has 65 heavy (non-hydrogen) atoms. The molecule has 2 unspecified atom stereocenters. The number of aliphatic hydroxyl groups excluding tert-OH is 2. The zero-order chi connectivity index (χ0) is 47.0. The van der Waals surface area contributed by atoms with Crippen LogP contribution in [0.25, 0.3) is 0 Å². The second-order valence-corrected chi connectivity index (χ2v) is 20.8. The van der Waals surface area contributed by atoms with Crippen LogP contribution in [0.3, 0.4) is 0 Å². The SMILES string of the molecule is CCCCCCCCCCCCCCCCCCCCCCCC/C=C/CC/C=C/C(O)C(CO)NC(=O)CCCCCCCCCCCCCCCCCCCCCCCCCCC. The van der Waals surface area contributed by atoms with E-state index >= 15 is 0 Å². The minimum Gasteiger partial charge on any atom is -0.394 e. The first-order valence-corrected chi connectivity index (χ1v) is 30.1. The van der Waals surface area contributed by atoms with Gasteiger partial charge in [-0.3, -0.25) is 4.79 Å². The summed E-state index contributed by atoms with van der Waals surface area (Å²) in [7, 11) is 0. The van der Waals surface area contributed by atoms with Crippen molar-refractivity contribution in [2.24, 2.45) is 0 Å². The smallest absolute Gasteiger partial charge is 0.220 e. The summed E-state index contributed by atoms with van der Waals surface area (Å²) in [6, 6.07) is -0.637. The molecule has 0 aliphatic carbocycles. The lowest BCUT2D eigenvalue weighted by atomic mass is 10.0. The third-order valence-corrected chi connectivity index (χ3v) is 14.2. The maximum atomic E-state index is 12.5. The van der Waals surface area contributed by atoms with Crippen molar-refractivity contribution in [1.29, 1.82) is 0 Å². The van der Waals surface area contributed by atoms with Gasteiger partial charge in [-0.05, 0) is 32.1 Å². The van der Waals surface area contributed by atoms with Crippen molar-refractivity contribution < 1.29 is 15.0 Å². The summed E-state index contributed by atoms with van der Waals surface area (Å²) in [6.45, 7) is 4.34. The van der Waals surface area contributed by atoms with Gasteiger partial charge in [0.25, 0.3) is 0 Å². The summed E-state index contributed by atoms with van der Waals surface area (Å²) >= 11 is 0. The fourth-order valence-electron chi connectivity index (χ4n) is 9.61. The molecule has 4 nitrogen and oxygen atoms in total. The molecule has 3 N–H and O–H groups in total. The lowest BCUT2D eigenvalue weighted by Crippen LogP contribution is -2.45. The zero-order valence-electron chi connectivity index (χ0n) is 44.5. The molecule has 0 spiro atoms. The van der Waals surface area contributed by atoms with Crippen molar-refractivity contribution in [3.05, 3.63) is 24.3 Å². The van der Waals surface area contributed by atoms with Gasteiger partial charge in [-0.2, -0.15) is 0 Å². The van der Waals surface area contributed by atoms with Gasteiger partial charge in [0.2, 0.25) is 5.91 Å². The number of unbranched alkanes of at least 4 members (excludes halogenated alkanes) is 47. The van der Waals surface area contributed by atoms with Gasteiger partial charge in [-0.1, -0.05) is 327 Å². The lowest BCUT2D eigenvalue weighted by Gasteiger charge is -2.19. The topological polar surface area (TPSA) is 69.6 Å². The van der Waals surface area contributed by atoms with Crippen LogP contribution in [-0.4, -0.2) is 34.9 Å². The van der Waals surface area contributed by atoms with E-state index in [-0.39, 0.29) is 12.5 Å². The molecule has 0 saturated carbocycles. The van der Waals surface area contributed by atoms with Gasteiger partial charge in [0, 0.05) is 6.42 Å². The van der Waals surface area contributed by atoms with Gasteiger partial charge in [0.1, 0.15) is 0 Å². The van der Waals surface area contributed by atoms with E-state index in [2.05, 4.69) is 31.3 Å². The van der Waals surface area contributed by atoms with E-state index < -0.39 is 12.1 Å². The Labute approximate surface area is 409 Å². The summed E-state index contributed by atoms with van der Waals surface area (Å²) < 4.78 is 0. The number of carbonyl (C=O) groups is 1. The molecule has 0 aliphatic rings. The predicted molar refractivity (Wildman–Crippen MR) is 290 cm³/mol. The second-order valence-electron chi connectivity index (χ2n) is 20.8. The summed E-state index contributed by atoms with van der Waals surface area (Å²) in [6.07, 6.45) is 76.5. The van der Waals surface area contributed by atoms with Gasteiger partial charge in [0.05, 0.1) is 18.8 Å². The Morgan fingerprint density at radius 3 is 0.892 bits per heavy atom. The van der Waals surface area contributed by atoms with Gasteiger partial charge in [0.15, 0.2) is 0 Å². The van der Waals surface area contributed by atoms with Crippen molar-refractivity contribution in [3.63, 3.8) is 0 Å². The van der Waals surface area contributed by atoms with E-state index in [0.717, 1.165) is 32.1 Å². The van der Waals surface area contributed by atoms with E-state index in [9.17, 15) is 15.0 Å². The molecule has 0 fully saturated rings. The average Bonchev–Trinajstić information content (AvgIpc) is 3.31. The quantitative estimate of drug-likeness (QED) is 0.0421. The van der Waals surface area contributed by atoms with E-state index in [4.69, 9.17) is 0 Å². The summed E-state index contributed by atoms with van der Waals surface area (Å²) in [4.78, 5) is 12.5. The van der Waals surface area contributed by atoms with Crippen LogP contribution in [0.1, 0.15) is 341 Å². The first-order valence-electron chi connectivity index (χ1n) is 30.1. The highest BCUT2D eigenvalue weighted by molar-refractivity contribution is 5.76. The predicted octanol–water partition coefficient (Wildman–Crippen LogP) is 19.9. The summed E-state index contributed by atoms with van der Waals surface area (Å²) in [5.41, 5.74) is 0. The third kappa shape index (κ3) is 53.7. The number of carbonyl (C=O) groups excluding carboxylic acids is 1. The largest absolute Gasteiger partial charge is 0.394 e. The Hall–Kier alpha value is -1.13. The monoisotopic (exact) mass is 914 g/mol. The molecule has 0 rings (SSSR count). The van der Waals surface area contributed by atoms with Crippen LogP contribution in [0.15, 0.2) is 24.3 Å². The number of rotatable bonds is 56. The Morgan fingerprint density at radius 1 is 0.354 bits per heavy atom. The van der Waals surface area contributed by atoms with E-state index in [1.807, 2.05) is 6.08 Å². The third-order valence-electron chi connectivity index (χ3n) is 14.2. The number of allylic oxidation sites excluding steroid dienone is 3. The molecular weight excluding hydrogens is 795 g/mol. The minimum absolute atomic E-state index is 0.0658. The van der Waals surface area contributed by atoms with Crippen molar-refractivity contribution in [1.82, 2.24) is 5.32 Å². The first-order chi connectivity index (χ1) is 32.2. The Morgan fingerprint density at radius 2 is 0.600 bits per heavy atom. The molecule has 0 aromatic heterocycles. The number of nitrogens with one attached hydrogen (secondary N) is 1. The molecule has 0 aliphatic heterocycles. The van der Waals surface area contributed by atoms with Crippen molar-refractivity contribution in [3.8, 4) is 0 Å². The maximum absolute atomic E-state index is 12.5. The Balaban J connectivity index is 3.47. The van der Waals surface area contributed by atoms with Crippen LogP contribution < -0.4 is 5.32 Å². The fraction of sp³-hybridized carbons (Fsp3) is 0.918. The van der Waals surface area contributed by atoms with Gasteiger partial charge >= 0.3 is 0 Å². The molecule has 0 radical (unpaired) electrons. The lowest BCUT2D eigenvalue weighted by molar-refractivity contribution is -0.123. The summed E-state index contributed by atoms with van der Waals surface area (Å²) in [5.74, 6) is -0.0658. The van der Waals surface area contributed by atoms with Crippen LogP contribution >= 0.6 is 0 Å². The van der Waals surface area contributed by atoms with E-state index in [1.165, 1.54) is 289 Å². The van der Waals surface area contributed by atoms with Crippen molar-refractivity contribution >= 4 is 5.91 Å². The summed E-state index contributed by atoms with van der Waals surface area (Å²) in [5, 5.41) is 23.2.